The summed E-state index contributed by atoms with van der Waals surface area (Å²) < 4.78 is 27.0. The Morgan fingerprint density at radius 3 is 2.00 bits per heavy atom. The molecule has 0 saturated heterocycles. The van der Waals surface area contributed by atoms with Crippen molar-refractivity contribution >= 4 is 24.6 Å². The third-order valence-corrected chi connectivity index (χ3v) is 3.11. The molecule has 102 valence electrons. The third kappa shape index (κ3) is 9.60. The summed E-state index contributed by atoms with van der Waals surface area (Å²) in [6.45, 7) is 6.17. The van der Waals surface area contributed by atoms with Crippen molar-refractivity contribution in [2.75, 3.05) is 13.2 Å². The first-order chi connectivity index (χ1) is 8.04. The minimum absolute atomic E-state index is 0.142. The molecule has 0 aromatic carbocycles. The lowest BCUT2D eigenvalue weighted by molar-refractivity contribution is 0.114. The highest BCUT2D eigenvalue weighted by Gasteiger charge is 2.28. The van der Waals surface area contributed by atoms with Crippen LogP contribution < -0.4 is 0 Å². The van der Waals surface area contributed by atoms with E-state index in [0.717, 1.165) is 25.7 Å². The van der Waals surface area contributed by atoms with Crippen molar-refractivity contribution in [2.45, 2.75) is 46.5 Å². The van der Waals surface area contributed by atoms with Gasteiger partial charge in [-0.2, -0.15) is 0 Å². The molecule has 0 heterocycles. The van der Waals surface area contributed by atoms with E-state index in [1.165, 1.54) is 6.92 Å². The van der Waals surface area contributed by atoms with Gasteiger partial charge in [-0.3, -0.25) is 13.7 Å². The molecule has 7 heteroatoms. The van der Waals surface area contributed by atoms with Gasteiger partial charge in [0.05, 0.1) is 13.2 Å². The van der Waals surface area contributed by atoms with Gasteiger partial charge >= 0.3 is 7.82 Å². The van der Waals surface area contributed by atoms with E-state index in [2.05, 4.69) is 5.16 Å². The molecular formula is C10H21ClNO4P. The highest BCUT2D eigenvalue weighted by molar-refractivity contribution is 7.48. The Morgan fingerprint density at radius 2 is 1.65 bits per heavy atom. The van der Waals surface area contributed by atoms with Crippen molar-refractivity contribution in [3.63, 3.8) is 0 Å². The fraction of sp³-hybridized carbons (Fsp3) is 0.900. The Hall–Kier alpha value is -0.0900. The fourth-order valence-corrected chi connectivity index (χ4v) is 2.01. The molecule has 0 rings (SSSR count). The van der Waals surface area contributed by atoms with Crippen molar-refractivity contribution in [1.82, 2.24) is 0 Å². The van der Waals surface area contributed by atoms with E-state index in [1.54, 1.807) is 0 Å². The zero-order valence-electron chi connectivity index (χ0n) is 10.6. The van der Waals surface area contributed by atoms with Crippen molar-refractivity contribution in [3.05, 3.63) is 0 Å². The van der Waals surface area contributed by atoms with Gasteiger partial charge < -0.3 is 0 Å². The molecule has 0 aromatic rings. The van der Waals surface area contributed by atoms with E-state index in [0.29, 0.717) is 13.2 Å². The number of phosphoric ester groups is 1. The van der Waals surface area contributed by atoms with Gasteiger partial charge in [-0.15, -0.1) is 0 Å². The van der Waals surface area contributed by atoms with Crippen LogP contribution in [0.25, 0.3) is 0 Å². The van der Waals surface area contributed by atoms with Crippen LogP contribution in [0.4, 0.5) is 0 Å². The zero-order chi connectivity index (χ0) is 13.1. The van der Waals surface area contributed by atoms with Gasteiger partial charge in [0.15, 0.2) is 0 Å². The lowest BCUT2D eigenvalue weighted by atomic mass is 10.4. The highest BCUT2D eigenvalue weighted by atomic mass is 35.5. The summed E-state index contributed by atoms with van der Waals surface area (Å²) in [6, 6.07) is 0. The Morgan fingerprint density at radius 1 is 1.18 bits per heavy atom. The number of hydrogen-bond donors (Lipinski definition) is 0. The Bertz CT molecular complexity index is 255. The van der Waals surface area contributed by atoms with E-state index in [1.807, 2.05) is 13.8 Å². The maximum atomic E-state index is 12.0. The molecule has 17 heavy (non-hydrogen) atoms. The maximum absolute atomic E-state index is 12.0. The van der Waals surface area contributed by atoms with Crippen molar-refractivity contribution in [2.24, 2.45) is 5.16 Å². The summed E-state index contributed by atoms with van der Waals surface area (Å²) in [6.07, 6.45) is 3.45. The second-order valence-electron chi connectivity index (χ2n) is 3.49. The van der Waals surface area contributed by atoms with E-state index >= 15 is 0 Å². The van der Waals surface area contributed by atoms with Gasteiger partial charge in [-0.25, -0.2) is 4.57 Å². The molecule has 0 amide bonds. The maximum Gasteiger partial charge on any atom is 0.550 e. The Balaban J connectivity index is 4.24. The molecular weight excluding hydrogens is 265 g/mol. The van der Waals surface area contributed by atoms with Crippen molar-refractivity contribution in [1.29, 1.82) is 0 Å². The predicted molar refractivity (Wildman–Crippen MR) is 69.4 cm³/mol. The molecule has 0 bridgehead atoms. The molecule has 0 saturated carbocycles. The van der Waals surface area contributed by atoms with Crippen LogP contribution >= 0.6 is 19.4 Å². The number of rotatable bonds is 10. The Kier molecular flexibility index (Phi) is 9.84. The third-order valence-electron chi connectivity index (χ3n) is 1.76. The van der Waals surface area contributed by atoms with E-state index in [9.17, 15) is 4.57 Å². The normalized spacial score (nSPS) is 12.8. The summed E-state index contributed by atoms with van der Waals surface area (Å²) in [7, 11) is -3.60. The van der Waals surface area contributed by atoms with Gasteiger partial charge in [0, 0.05) is 0 Å². The largest absolute Gasteiger partial charge is 0.550 e. The topological polar surface area (TPSA) is 57.1 Å². The molecule has 0 aliphatic rings. The van der Waals surface area contributed by atoms with Gasteiger partial charge in [-0.05, 0) is 19.8 Å². The fourth-order valence-electron chi connectivity index (χ4n) is 0.832. The summed E-state index contributed by atoms with van der Waals surface area (Å²) in [5.41, 5.74) is 0. The number of oxime groups is 1. The van der Waals surface area contributed by atoms with Gasteiger partial charge in [0.1, 0.15) is 5.17 Å². The predicted octanol–water partition coefficient (Wildman–Crippen LogP) is 4.32. The molecule has 0 aromatic heterocycles. The SMILES string of the molecule is CCCCOP(=O)(OCCCC)O/N=C(/C)Cl. The van der Waals surface area contributed by atoms with E-state index < -0.39 is 7.82 Å². The molecule has 0 fully saturated rings. The van der Waals surface area contributed by atoms with Crippen LogP contribution in [0.15, 0.2) is 5.16 Å². The smallest absolute Gasteiger partial charge is 0.291 e. The number of halogens is 1. The van der Waals surface area contributed by atoms with Crippen LogP contribution in [0, 0.1) is 0 Å². The highest BCUT2D eigenvalue weighted by Crippen LogP contribution is 2.50. The zero-order valence-corrected chi connectivity index (χ0v) is 12.3. The van der Waals surface area contributed by atoms with Gasteiger partial charge in [0.2, 0.25) is 0 Å². The van der Waals surface area contributed by atoms with Crippen LogP contribution in [0.3, 0.4) is 0 Å². The summed E-state index contributed by atoms with van der Waals surface area (Å²) >= 11 is 5.50. The minimum Gasteiger partial charge on any atom is -0.291 e. The number of unbranched alkanes of at least 4 members (excludes halogenated alkanes) is 2. The summed E-state index contributed by atoms with van der Waals surface area (Å²) in [4.78, 5) is 0. The molecule has 0 aliphatic carbocycles. The standard InChI is InChI=1S/C10H21ClNO4P/c1-4-6-8-14-17(13,15-9-7-5-2)16-12-10(3)11/h4-9H2,1-3H3/b12-10-. The first kappa shape index (κ1) is 16.9. The van der Waals surface area contributed by atoms with Crippen LogP contribution in [0.5, 0.6) is 0 Å². The molecule has 0 radical (unpaired) electrons. The second-order valence-corrected chi connectivity index (χ2v) is 5.61. The van der Waals surface area contributed by atoms with Crippen LogP contribution in [0.1, 0.15) is 46.5 Å². The molecule has 0 unspecified atom stereocenters. The minimum atomic E-state index is -3.60. The van der Waals surface area contributed by atoms with Gasteiger partial charge in [0.25, 0.3) is 0 Å². The monoisotopic (exact) mass is 285 g/mol. The quantitative estimate of drug-likeness (QED) is 0.260. The molecule has 0 spiro atoms. The van der Waals surface area contributed by atoms with Gasteiger partial charge in [-0.1, -0.05) is 43.4 Å². The average Bonchev–Trinajstić information content (AvgIpc) is 2.27. The average molecular weight is 286 g/mol. The first-order valence-corrected chi connectivity index (χ1v) is 7.66. The molecule has 5 nitrogen and oxygen atoms in total. The van der Waals surface area contributed by atoms with Crippen LogP contribution in [0.2, 0.25) is 0 Å². The lowest BCUT2D eigenvalue weighted by Gasteiger charge is -2.14. The summed E-state index contributed by atoms with van der Waals surface area (Å²) in [5.74, 6) is 0. The van der Waals surface area contributed by atoms with E-state index in [-0.39, 0.29) is 5.17 Å². The first-order valence-electron chi connectivity index (χ1n) is 5.82. The van der Waals surface area contributed by atoms with Crippen LogP contribution in [-0.2, 0) is 18.2 Å². The van der Waals surface area contributed by atoms with Crippen molar-refractivity contribution in [3.8, 4) is 0 Å². The number of hydrogen-bond acceptors (Lipinski definition) is 5. The summed E-state index contributed by atoms with van der Waals surface area (Å²) in [5, 5.41) is 3.57. The van der Waals surface area contributed by atoms with E-state index in [4.69, 9.17) is 25.3 Å². The molecule has 0 aliphatic heterocycles. The lowest BCUT2D eigenvalue weighted by Crippen LogP contribution is -2.01. The Labute approximate surface area is 108 Å². The molecule has 0 atom stereocenters. The number of phosphoric acid groups is 1. The van der Waals surface area contributed by atoms with Crippen LogP contribution in [-0.4, -0.2) is 18.4 Å². The second kappa shape index (κ2) is 9.89. The molecule has 0 N–H and O–H groups in total. The van der Waals surface area contributed by atoms with Crippen molar-refractivity contribution < 1.29 is 18.2 Å². The number of nitrogens with zero attached hydrogens (tertiary/aromatic N) is 1.